The van der Waals surface area contributed by atoms with Gasteiger partial charge >= 0.3 is 0 Å². The van der Waals surface area contributed by atoms with Crippen molar-refractivity contribution in [2.45, 2.75) is 69.8 Å². The average Bonchev–Trinajstić information content (AvgIpc) is 2.72. The SMILES string of the molecule is CC(C)(C)SN[C@H]1CC[C@H](CNc2ccc(C(C)(O)c3ccccc3)cc2)CC1. The molecule has 0 saturated heterocycles. The van der Waals surface area contributed by atoms with Gasteiger partial charge in [0, 0.05) is 23.0 Å². The van der Waals surface area contributed by atoms with Gasteiger partial charge in [0.25, 0.3) is 0 Å². The van der Waals surface area contributed by atoms with Crippen molar-refractivity contribution >= 4 is 17.6 Å². The summed E-state index contributed by atoms with van der Waals surface area (Å²) in [5.74, 6) is 0.736. The number of rotatable bonds is 7. The zero-order valence-corrected chi connectivity index (χ0v) is 19.1. The van der Waals surface area contributed by atoms with Crippen LogP contribution < -0.4 is 10.0 Å². The number of benzene rings is 2. The van der Waals surface area contributed by atoms with Crippen LogP contribution in [0.1, 0.15) is 64.5 Å². The minimum absolute atomic E-state index is 0.274. The van der Waals surface area contributed by atoms with E-state index in [1.54, 1.807) is 0 Å². The van der Waals surface area contributed by atoms with E-state index in [2.05, 4.69) is 42.9 Å². The second-order valence-corrected chi connectivity index (χ2v) is 11.1. The first kappa shape index (κ1) is 22.2. The second-order valence-electron chi connectivity index (χ2n) is 9.45. The number of aliphatic hydroxyl groups is 1. The molecule has 0 spiro atoms. The molecule has 2 aromatic rings. The van der Waals surface area contributed by atoms with Gasteiger partial charge in [-0.15, -0.1) is 0 Å². The summed E-state index contributed by atoms with van der Waals surface area (Å²) in [4.78, 5) is 0. The lowest BCUT2D eigenvalue weighted by atomic mass is 9.86. The highest BCUT2D eigenvalue weighted by molar-refractivity contribution is 7.98. The molecule has 2 aromatic carbocycles. The first-order chi connectivity index (χ1) is 13.7. The van der Waals surface area contributed by atoms with Crippen molar-refractivity contribution in [1.29, 1.82) is 0 Å². The highest BCUT2D eigenvalue weighted by Gasteiger charge is 2.25. The highest BCUT2D eigenvalue weighted by Crippen LogP contribution is 2.31. The Hall–Kier alpha value is -1.49. The first-order valence-electron chi connectivity index (χ1n) is 10.8. The summed E-state index contributed by atoms with van der Waals surface area (Å²) < 4.78 is 3.94. The molecule has 0 aromatic heterocycles. The first-order valence-corrected chi connectivity index (χ1v) is 11.6. The van der Waals surface area contributed by atoms with Crippen LogP contribution >= 0.6 is 11.9 Å². The summed E-state index contributed by atoms with van der Waals surface area (Å²) in [5, 5.41) is 14.6. The van der Waals surface area contributed by atoms with Gasteiger partial charge < -0.3 is 10.4 Å². The third kappa shape index (κ3) is 6.50. The van der Waals surface area contributed by atoms with E-state index in [9.17, 15) is 5.11 Å². The Morgan fingerprint density at radius 2 is 1.45 bits per heavy atom. The fourth-order valence-corrected chi connectivity index (χ4v) is 4.60. The predicted octanol–water partition coefficient (Wildman–Crippen LogP) is 5.95. The molecule has 3 nitrogen and oxygen atoms in total. The number of nitrogens with one attached hydrogen (secondary N) is 2. The minimum atomic E-state index is -0.976. The molecule has 1 aliphatic rings. The Balaban J connectivity index is 1.47. The monoisotopic (exact) mass is 412 g/mol. The zero-order valence-electron chi connectivity index (χ0n) is 18.2. The van der Waals surface area contributed by atoms with Crippen molar-refractivity contribution in [3.8, 4) is 0 Å². The molecule has 0 bridgehead atoms. The van der Waals surface area contributed by atoms with Gasteiger partial charge in [0.2, 0.25) is 0 Å². The molecule has 3 N–H and O–H groups in total. The maximum absolute atomic E-state index is 11.0. The van der Waals surface area contributed by atoms with Crippen LogP contribution in [0.5, 0.6) is 0 Å². The van der Waals surface area contributed by atoms with Crippen LogP contribution in [0.2, 0.25) is 0 Å². The smallest absolute Gasteiger partial charge is 0.112 e. The van der Waals surface area contributed by atoms with E-state index in [0.29, 0.717) is 6.04 Å². The molecule has 29 heavy (non-hydrogen) atoms. The van der Waals surface area contributed by atoms with Crippen molar-refractivity contribution in [2.75, 3.05) is 11.9 Å². The molecule has 158 valence electrons. The molecule has 0 amide bonds. The largest absolute Gasteiger partial charge is 0.385 e. The topological polar surface area (TPSA) is 44.3 Å². The highest BCUT2D eigenvalue weighted by atomic mass is 32.2. The lowest BCUT2D eigenvalue weighted by molar-refractivity contribution is 0.102. The predicted molar refractivity (Wildman–Crippen MR) is 126 cm³/mol. The van der Waals surface area contributed by atoms with Crippen LogP contribution in [-0.2, 0) is 5.60 Å². The Morgan fingerprint density at radius 1 is 0.862 bits per heavy atom. The fraction of sp³-hybridized carbons (Fsp3) is 0.520. The molecular formula is C25H36N2OS. The number of anilines is 1. The minimum Gasteiger partial charge on any atom is -0.385 e. The van der Waals surface area contributed by atoms with Gasteiger partial charge in [0.1, 0.15) is 5.60 Å². The molecule has 1 saturated carbocycles. The molecule has 0 aliphatic heterocycles. The van der Waals surface area contributed by atoms with E-state index in [1.165, 1.54) is 25.7 Å². The van der Waals surface area contributed by atoms with Crippen molar-refractivity contribution in [3.05, 3.63) is 65.7 Å². The van der Waals surface area contributed by atoms with Crippen molar-refractivity contribution in [2.24, 2.45) is 5.92 Å². The number of hydrogen-bond acceptors (Lipinski definition) is 4. The number of hydrogen-bond donors (Lipinski definition) is 3. The summed E-state index contributed by atoms with van der Waals surface area (Å²) in [6.45, 7) is 9.64. The molecule has 1 unspecified atom stereocenters. The van der Waals surface area contributed by atoms with E-state index < -0.39 is 5.60 Å². The molecule has 4 heteroatoms. The van der Waals surface area contributed by atoms with Gasteiger partial charge in [-0.1, -0.05) is 54.4 Å². The van der Waals surface area contributed by atoms with E-state index in [0.717, 1.165) is 29.3 Å². The Morgan fingerprint density at radius 3 is 2.03 bits per heavy atom. The van der Waals surface area contributed by atoms with E-state index >= 15 is 0 Å². The second kappa shape index (κ2) is 9.55. The zero-order chi connectivity index (χ0) is 20.9. The van der Waals surface area contributed by atoms with Gasteiger partial charge in [-0.3, -0.25) is 4.72 Å². The van der Waals surface area contributed by atoms with E-state index in [4.69, 9.17) is 0 Å². The van der Waals surface area contributed by atoms with Crippen LogP contribution in [0, 0.1) is 5.92 Å². The van der Waals surface area contributed by atoms with Crippen LogP contribution in [0.25, 0.3) is 0 Å². The maximum atomic E-state index is 11.0. The van der Waals surface area contributed by atoms with Gasteiger partial charge in [-0.25, -0.2) is 0 Å². The van der Waals surface area contributed by atoms with E-state index in [1.807, 2.05) is 61.3 Å². The van der Waals surface area contributed by atoms with Crippen LogP contribution in [-0.4, -0.2) is 22.4 Å². The Bertz CT molecular complexity index is 745. The van der Waals surface area contributed by atoms with Crippen molar-refractivity contribution in [1.82, 2.24) is 4.72 Å². The van der Waals surface area contributed by atoms with Crippen molar-refractivity contribution < 1.29 is 5.11 Å². The van der Waals surface area contributed by atoms with Crippen LogP contribution in [0.15, 0.2) is 54.6 Å². The summed E-state index contributed by atoms with van der Waals surface area (Å²) >= 11 is 1.87. The third-order valence-electron chi connectivity index (χ3n) is 5.76. The van der Waals surface area contributed by atoms with Gasteiger partial charge in [0.15, 0.2) is 0 Å². The molecule has 1 atom stereocenters. The van der Waals surface area contributed by atoms with Gasteiger partial charge in [0.05, 0.1) is 0 Å². The molecule has 1 fully saturated rings. The lowest BCUT2D eigenvalue weighted by Crippen LogP contribution is -2.33. The summed E-state index contributed by atoms with van der Waals surface area (Å²) in [6, 6.07) is 18.7. The van der Waals surface area contributed by atoms with Gasteiger partial charge in [-0.05, 0) is 82.6 Å². The van der Waals surface area contributed by atoms with E-state index in [-0.39, 0.29) is 4.75 Å². The molecule has 0 heterocycles. The Labute approximate surface area is 180 Å². The summed E-state index contributed by atoms with van der Waals surface area (Å²) in [5.41, 5.74) is 1.98. The molecule has 0 radical (unpaired) electrons. The summed E-state index contributed by atoms with van der Waals surface area (Å²) in [6.07, 6.45) is 5.06. The lowest BCUT2D eigenvalue weighted by Gasteiger charge is -2.31. The Kier molecular flexibility index (Phi) is 7.31. The quantitative estimate of drug-likeness (QED) is 0.492. The average molecular weight is 413 g/mol. The van der Waals surface area contributed by atoms with Gasteiger partial charge in [-0.2, -0.15) is 0 Å². The fourth-order valence-electron chi connectivity index (χ4n) is 3.85. The summed E-state index contributed by atoms with van der Waals surface area (Å²) in [7, 11) is 0. The molecule has 1 aliphatic carbocycles. The van der Waals surface area contributed by atoms with Crippen LogP contribution in [0.3, 0.4) is 0 Å². The van der Waals surface area contributed by atoms with Crippen molar-refractivity contribution in [3.63, 3.8) is 0 Å². The third-order valence-corrected chi connectivity index (χ3v) is 6.82. The normalized spacial score (nSPS) is 22.1. The molecule has 3 rings (SSSR count). The molecular weight excluding hydrogens is 376 g/mol. The maximum Gasteiger partial charge on any atom is 0.112 e. The standard InChI is InChI=1S/C25H36N2OS/c1-24(2,3)29-27-23-14-10-19(11-15-23)18-26-22-16-12-21(13-17-22)25(4,28)20-8-6-5-7-9-20/h5-9,12-13,16-17,19,23,26-28H,10-11,14-15,18H2,1-4H3/t19-,23-,25?. The van der Waals surface area contributed by atoms with Crippen LogP contribution in [0.4, 0.5) is 5.69 Å².